The van der Waals surface area contributed by atoms with Crippen LogP contribution in [0.1, 0.15) is 105 Å². The van der Waals surface area contributed by atoms with E-state index in [-0.39, 0.29) is 21.7 Å². The SMILES string of the molecule is CC(C)(C)c1ccc(-c2cc(N(c3ccccc3)c3ccc(C(C)(C)C)cc3)c3ccc4c(-c5ccc(C(C)(C)C)cc5)cc(N(c5ccccc5)c5ccc(C(C)(C)C)cc5)c5ccc2c3c45)cc1. The quantitative estimate of drug-likeness (QED) is 0.140. The Hall–Kier alpha value is -7.16. The van der Waals surface area contributed by atoms with E-state index in [1.54, 1.807) is 0 Å². The minimum Gasteiger partial charge on any atom is -0.310 e. The van der Waals surface area contributed by atoms with Gasteiger partial charge < -0.3 is 9.80 Å². The van der Waals surface area contributed by atoms with Crippen LogP contribution in [0.2, 0.25) is 0 Å². The lowest BCUT2D eigenvalue weighted by Gasteiger charge is -2.31. The summed E-state index contributed by atoms with van der Waals surface area (Å²) in [6.45, 7) is 27.5. The molecule has 0 aliphatic rings. The first-order valence-electron chi connectivity index (χ1n) is 25.2. The van der Waals surface area contributed by atoms with Crippen LogP contribution in [0.4, 0.5) is 34.1 Å². The summed E-state index contributed by atoms with van der Waals surface area (Å²) in [4.78, 5) is 4.96. The molecule has 350 valence electrons. The van der Waals surface area contributed by atoms with Crippen molar-refractivity contribution in [2.24, 2.45) is 0 Å². The molecular weight excluding hydrogens is 845 g/mol. The molecule has 10 aromatic rings. The highest BCUT2D eigenvalue weighted by Gasteiger charge is 2.27. The Morgan fingerprint density at radius 3 is 0.800 bits per heavy atom. The van der Waals surface area contributed by atoms with Gasteiger partial charge in [-0.05, 0) is 138 Å². The average Bonchev–Trinajstić information content (AvgIpc) is 3.34. The Labute approximate surface area is 417 Å². The molecule has 0 saturated heterocycles. The smallest absolute Gasteiger partial charge is 0.0546 e. The number of hydrogen-bond acceptors (Lipinski definition) is 2. The van der Waals surface area contributed by atoms with E-state index in [1.807, 2.05) is 0 Å². The number of para-hydroxylation sites is 2. The lowest BCUT2D eigenvalue weighted by Crippen LogP contribution is -2.14. The van der Waals surface area contributed by atoms with E-state index in [9.17, 15) is 0 Å². The Morgan fingerprint density at radius 2 is 0.514 bits per heavy atom. The van der Waals surface area contributed by atoms with Crippen LogP contribution in [-0.4, -0.2) is 0 Å². The summed E-state index contributed by atoms with van der Waals surface area (Å²) >= 11 is 0. The van der Waals surface area contributed by atoms with Crippen molar-refractivity contribution in [3.63, 3.8) is 0 Å². The van der Waals surface area contributed by atoms with E-state index in [0.717, 1.165) is 34.1 Å². The molecule has 0 amide bonds. The molecular formula is C68H68N2. The van der Waals surface area contributed by atoms with Gasteiger partial charge in [0, 0.05) is 44.3 Å². The average molecular weight is 913 g/mol. The van der Waals surface area contributed by atoms with Crippen LogP contribution in [0, 0.1) is 0 Å². The third kappa shape index (κ3) is 8.63. The molecule has 0 N–H and O–H groups in total. The number of nitrogens with zero attached hydrogens (tertiary/aromatic N) is 2. The van der Waals surface area contributed by atoms with Crippen molar-refractivity contribution in [3.05, 3.63) is 216 Å². The van der Waals surface area contributed by atoms with Gasteiger partial charge in [0.05, 0.1) is 11.4 Å². The van der Waals surface area contributed by atoms with E-state index in [0.29, 0.717) is 0 Å². The van der Waals surface area contributed by atoms with Crippen molar-refractivity contribution >= 4 is 66.4 Å². The summed E-state index contributed by atoms with van der Waals surface area (Å²) in [5, 5.41) is 7.42. The van der Waals surface area contributed by atoms with Gasteiger partial charge in [0.25, 0.3) is 0 Å². The minimum absolute atomic E-state index is 0.0280. The molecule has 0 unspecified atom stereocenters. The molecule has 2 nitrogen and oxygen atoms in total. The predicted octanol–water partition coefficient (Wildman–Crippen LogP) is 20.0. The van der Waals surface area contributed by atoms with E-state index < -0.39 is 0 Å². The second kappa shape index (κ2) is 17.4. The van der Waals surface area contributed by atoms with Crippen molar-refractivity contribution in [1.82, 2.24) is 0 Å². The van der Waals surface area contributed by atoms with Crippen molar-refractivity contribution in [2.45, 2.75) is 105 Å². The molecule has 0 spiro atoms. The van der Waals surface area contributed by atoms with Gasteiger partial charge in [0.1, 0.15) is 0 Å². The summed E-state index contributed by atoms with van der Waals surface area (Å²) in [6.07, 6.45) is 0. The van der Waals surface area contributed by atoms with E-state index in [2.05, 4.69) is 287 Å². The molecule has 10 rings (SSSR count). The summed E-state index contributed by atoms with van der Waals surface area (Å²) in [5.74, 6) is 0. The van der Waals surface area contributed by atoms with Crippen LogP contribution in [0.15, 0.2) is 194 Å². The highest BCUT2D eigenvalue weighted by molar-refractivity contribution is 6.32. The van der Waals surface area contributed by atoms with Crippen LogP contribution in [0.25, 0.3) is 54.6 Å². The van der Waals surface area contributed by atoms with E-state index in [4.69, 9.17) is 0 Å². The van der Waals surface area contributed by atoms with E-state index in [1.165, 1.54) is 76.8 Å². The maximum absolute atomic E-state index is 2.48. The van der Waals surface area contributed by atoms with Crippen LogP contribution >= 0.6 is 0 Å². The number of benzene rings is 10. The van der Waals surface area contributed by atoms with Crippen LogP contribution < -0.4 is 9.80 Å². The maximum atomic E-state index is 2.48. The fourth-order valence-electron chi connectivity index (χ4n) is 10.3. The molecule has 0 aliphatic carbocycles. The second-order valence-electron chi connectivity index (χ2n) is 23.5. The zero-order valence-corrected chi connectivity index (χ0v) is 43.4. The van der Waals surface area contributed by atoms with E-state index >= 15 is 0 Å². The van der Waals surface area contributed by atoms with Crippen LogP contribution in [0.5, 0.6) is 0 Å². The van der Waals surface area contributed by atoms with Crippen LogP contribution in [-0.2, 0) is 21.7 Å². The highest BCUT2D eigenvalue weighted by atomic mass is 15.1. The molecule has 0 radical (unpaired) electrons. The van der Waals surface area contributed by atoms with Gasteiger partial charge in [0.2, 0.25) is 0 Å². The Kier molecular flexibility index (Phi) is 11.5. The standard InChI is InChI=1S/C68H68N2/c1-65(2,3)47-27-23-45(24-28-47)59-43-61(69(51-19-15-13-16-20-51)53-35-31-49(32-36-53)67(7,8)9)57-42-40-56-60(46-25-29-48(30-26-46)66(4,5)6)44-62(58-41-39-55(59)63(57)64(56)58)70(52-21-17-14-18-22-52)54-37-33-50(34-38-54)68(10,11)12/h13-44H,1-12H3. The molecule has 2 heteroatoms. The first-order valence-corrected chi connectivity index (χ1v) is 25.2. The van der Waals surface area contributed by atoms with Crippen LogP contribution in [0.3, 0.4) is 0 Å². The number of rotatable bonds is 8. The lowest BCUT2D eigenvalue weighted by atomic mass is 9.83. The third-order valence-electron chi connectivity index (χ3n) is 14.5. The second-order valence-corrected chi connectivity index (χ2v) is 23.5. The van der Waals surface area contributed by atoms with Crippen molar-refractivity contribution in [1.29, 1.82) is 0 Å². The zero-order valence-electron chi connectivity index (χ0n) is 43.4. The summed E-state index contributed by atoms with van der Waals surface area (Å²) in [5.41, 5.74) is 17.0. The molecule has 0 saturated carbocycles. The molecule has 0 heterocycles. The van der Waals surface area contributed by atoms with Gasteiger partial charge in [-0.2, -0.15) is 0 Å². The maximum Gasteiger partial charge on any atom is 0.0546 e. The molecule has 0 aliphatic heterocycles. The summed E-state index contributed by atoms with van der Waals surface area (Å²) in [7, 11) is 0. The molecule has 0 atom stereocenters. The summed E-state index contributed by atoms with van der Waals surface area (Å²) in [6, 6.07) is 73.5. The van der Waals surface area contributed by atoms with Crippen molar-refractivity contribution in [2.75, 3.05) is 9.80 Å². The molecule has 0 aromatic heterocycles. The monoisotopic (exact) mass is 913 g/mol. The van der Waals surface area contributed by atoms with Gasteiger partial charge in [0.15, 0.2) is 0 Å². The first kappa shape index (κ1) is 46.6. The first-order chi connectivity index (χ1) is 33.3. The Bertz CT molecular complexity index is 3210. The highest BCUT2D eigenvalue weighted by Crippen LogP contribution is 2.52. The third-order valence-corrected chi connectivity index (χ3v) is 14.5. The minimum atomic E-state index is 0.0280. The van der Waals surface area contributed by atoms with Crippen molar-refractivity contribution < 1.29 is 0 Å². The number of hydrogen-bond donors (Lipinski definition) is 0. The predicted molar refractivity (Wildman–Crippen MR) is 305 cm³/mol. The fourth-order valence-corrected chi connectivity index (χ4v) is 10.3. The molecule has 0 bridgehead atoms. The van der Waals surface area contributed by atoms with Gasteiger partial charge in [-0.1, -0.05) is 217 Å². The Balaban J connectivity index is 1.35. The topological polar surface area (TPSA) is 6.48 Å². The largest absolute Gasteiger partial charge is 0.310 e. The van der Waals surface area contributed by atoms with Gasteiger partial charge in [-0.15, -0.1) is 0 Å². The zero-order chi connectivity index (χ0) is 49.3. The molecule has 0 fully saturated rings. The fraction of sp³-hybridized carbons (Fsp3) is 0.235. The van der Waals surface area contributed by atoms with Gasteiger partial charge >= 0.3 is 0 Å². The lowest BCUT2D eigenvalue weighted by molar-refractivity contribution is 0.590. The molecule has 10 aromatic carbocycles. The summed E-state index contributed by atoms with van der Waals surface area (Å²) < 4.78 is 0. The van der Waals surface area contributed by atoms with Gasteiger partial charge in [-0.25, -0.2) is 0 Å². The number of anilines is 6. The Morgan fingerprint density at radius 1 is 0.257 bits per heavy atom. The normalized spacial score (nSPS) is 12.6. The van der Waals surface area contributed by atoms with Gasteiger partial charge in [-0.3, -0.25) is 0 Å². The van der Waals surface area contributed by atoms with Crippen molar-refractivity contribution in [3.8, 4) is 22.3 Å². The molecule has 70 heavy (non-hydrogen) atoms.